The Labute approximate surface area is 201 Å². The Morgan fingerprint density at radius 1 is 1.03 bits per heavy atom. The summed E-state index contributed by atoms with van der Waals surface area (Å²) in [5.41, 5.74) is 0.586. The van der Waals surface area contributed by atoms with E-state index in [1.807, 2.05) is 0 Å². The number of anilines is 1. The van der Waals surface area contributed by atoms with Crippen LogP contribution in [0.1, 0.15) is 38.2 Å². The number of allylic oxidation sites excluding steroid dienone is 2. The molecule has 2 aliphatic rings. The van der Waals surface area contributed by atoms with Gasteiger partial charge < -0.3 is 15.1 Å². The first-order valence-electron chi connectivity index (χ1n) is 11.8. The molecule has 196 valence electrons. The quantitative estimate of drug-likeness (QED) is 0.521. The molecule has 0 bridgehead atoms. The number of carbonyl (C=O) groups excluding carboxylic acids is 1. The zero-order valence-corrected chi connectivity index (χ0v) is 19.8. The number of benzene rings is 1. The van der Waals surface area contributed by atoms with Crippen LogP contribution in [0, 0.1) is 0 Å². The molecule has 1 aromatic rings. The molecule has 0 spiro atoms. The lowest BCUT2D eigenvalue weighted by Gasteiger charge is -2.36. The highest BCUT2D eigenvalue weighted by Crippen LogP contribution is 2.30. The van der Waals surface area contributed by atoms with Crippen LogP contribution in [-0.2, 0) is 11.0 Å². The predicted molar refractivity (Wildman–Crippen MR) is 122 cm³/mol. The van der Waals surface area contributed by atoms with Crippen molar-refractivity contribution in [1.29, 1.82) is 0 Å². The number of hydrogen-bond acceptors (Lipinski definition) is 4. The van der Waals surface area contributed by atoms with Crippen LogP contribution in [0.25, 0.3) is 0 Å². The molecule has 3 rings (SSSR count). The maximum absolute atomic E-state index is 12.7. The second-order valence-corrected chi connectivity index (χ2v) is 9.15. The van der Waals surface area contributed by atoms with E-state index in [1.54, 1.807) is 11.8 Å². The summed E-state index contributed by atoms with van der Waals surface area (Å²) < 4.78 is 75.2. The van der Waals surface area contributed by atoms with E-state index in [-0.39, 0.29) is 11.9 Å². The van der Waals surface area contributed by atoms with Gasteiger partial charge >= 0.3 is 12.4 Å². The SMILES string of the molecule is C/C(=C\CC(F)(F)F)N[C@@H]1CCN(C(=O)CCCN2CCN(c3ccc(C(F)(F)F)cc3)CC2)C1. The van der Waals surface area contributed by atoms with Crippen molar-refractivity contribution >= 4 is 11.6 Å². The lowest BCUT2D eigenvalue weighted by atomic mass is 10.1. The van der Waals surface area contributed by atoms with Crippen LogP contribution in [0.4, 0.5) is 32.0 Å². The molecule has 0 radical (unpaired) electrons. The zero-order valence-electron chi connectivity index (χ0n) is 19.8. The molecule has 2 saturated heterocycles. The van der Waals surface area contributed by atoms with Gasteiger partial charge in [-0.05, 0) is 50.6 Å². The van der Waals surface area contributed by atoms with Crippen LogP contribution >= 0.6 is 0 Å². The Morgan fingerprint density at radius 3 is 2.29 bits per heavy atom. The number of amides is 1. The Bertz CT molecular complexity index is 860. The Hall–Kier alpha value is -2.43. The van der Waals surface area contributed by atoms with Gasteiger partial charge in [0, 0.05) is 63.1 Å². The molecule has 0 aliphatic carbocycles. The fourth-order valence-corrected chi connectivity index (χ4v) is 4.46. The molecule has 2 heterocycles. The van der Waals surface area contributed by atoms with E-state index in [2.05, 4.69) is 15.1 Å². The fourth-order valence-electron chi connectivity index (χ4n) is 4.46. The minimum atomic E-state index is -4.34. The molecule has 1 aromatic carbocycles. The fraction of sp³-hybridized carbons (Fsp3) is 0.625. The van der Waals surface area contributed by atoms with Crippen molar-refractivity contribution in [1.82, 2.24) is 15.1 Å². The summed E-state index contributed by atoms with van der Waals surface area (Å²) in [7, 11) is 0. The summed E-state index contributed by atoms with van der Waals surface area (Å²) in [6.45, 7) is 6.41. The molecule has 5 nitrogen and oxygen atoms in total. The Kier molecular flexibility index (Phi) is 8.95. The van der Waals surface area contributed by atoms with Crippen molar-refractivity contribution in [2.24, 2.45) is 0 Å². The molecule has 0 saturated carbocycles. The normalized spacial score (nSPS) is 20.4. The first kappa shape index (κ1) is 27.2. The average Bonchev–Trinajstić information content (AvgIpc) is 3.26. The lowest BCUT2D eigenvalue weighted by Crippen LogP contribution is -2.46. The smallest absolute Gasteiger partial charge is 0.384 e. The zero-order chi connectivity index (χ0) is 25.6. The minimum absolute atomic E-state index is 0.0401. The number of nitrogens with zero attached hydrogens (tertiary/aromatic N) is 3. The van der Waals surface area contributed by atoms with E-state index >= 15 is 0 Å². The number of piperazine rings is 1. The van der Waals surface area contributed by atoms with E-state index in [1.165, 1.54) is 12.1 Å². The number of alkyl halides is 6. The number of carbonyl (C=O) groups is 1. The van der Waals surface area contributed by atoms with Crippen LogP contribution in [0.3, 0.4) is 0 Å². The Morgan fingerprint density at radius 2 is 1.69 bits per heavy atom. The first-order valence-corrected chi connectivity index (χ1v) is 11.8. The molecule has 1 amide bonds. The van der Waals surface area contributed by atoms with Gasteiger partial charge in [-0.2, -0.15) is 26.3 Å². The monoisotopic (exact) mass is 506 g/mol. The summed E-state index contributed by atoms with van der Waals surface area (Å²) in [5.74, 6) is 0.0506. The van der Waals surface area contributed by atoms with E-state index < -0.39 is 24.3 Å². The highest BCUT2D eigenvalue weighted by molar-refractivity contribution is 5.76. The third-order valence-electron chi connectivity index (χ3n) is 6.41. The third kappa shape index (κ3) is 8.63. The van der Waals surface area contributed by atoms with Crippen LogP contribution in [-0.4, -0.2) is 73.7 Å². The van der Waals surface area contributed by atoms with E-state index in [4.69, 9.17) is 0 Å². The van der Waals surface area contributed by atoms with Gasteiger partial charge in [-0.3, -0.25) is 9.69 Å². The van der Waals surface area contributed by atoms with Crippen molar-refractivity contribution in [3.8, 4) is 0 Å². The van der Waals surface area contributed by atoms with E-state index in [0.29, 0.717) is 51.1 Å². The average molecular weight is 507 g/mol. The molecular weight excluding hydrogens is 474 g/mol. The maximum Gasteiger partial charge on any atom is 0.416 e. The van der Waals surface area contributed by atoms with Crippen molar-refractivity contribution in [2.75, 3.05) is 50.7 Å². The topological polar surface area (TPSA) is 38.8 Å². The van der Waals surface area contributed by atoms with Crippen LogP contribution in [0.5, 0.6) is 0 Å². The molecule has 11 heteroatoms. The predicted octanol–water partition coefficient (Wildman–Crippen LogP) is 4.65. The van der Waals surface area contributed by atoms with Gasteiger partial charge in [0.15, 0.2) is 0 Å². The summed E-state index contributed by atoms with van der Waals surface area (Å²) in [4.78, 5) is 18.6. The van der Waals surface area contributed by atoms with E-state index in [9.17, 15) is 31.1 Å². The van der Waals surface area contributed by atoms with Crippen LogP contribution < -0.4 is 10.2 Å². The second-order valence-electron chi connectivity index (χ2n) is 9.15. The number of halogens is 6. The second kappa shape index (κ2) is 11.5. The van der Waals surface area contributed by atoms with Gasteiger partial charge in [0.1, 0.15) is 0 Å². The molecule has 2 fully saturated rings. The lowest BCUT2D eigenvalue weighted by molar-refractivity contribution is -0.137. The van der Waals surface area contributed by atoms with Crippen molar-refractivity contribution < 1.29 is 31.1 Å². The molecule has 2 aliphatic heterocycles. The number of likely N-dealkylation sites (tertiary alicyclic amines) is 1. The summed E-state index contributed by atoms with van der Waals surface area (Å²) >= 11 is 0. The Balaban J connectivity index is 1.33. The molecule has 0 aromatic heterocycles. The third-order valence-corrected chi connectivity index (χ3v) is 6.41. The van der Waals surface area contributed by atoms with E-state index in [0.717, 1.165) is 43.5 Å². The largest absolute Gasteiger partial charge is 0.416 e. The minimum Gasteiger partial charge on any atom is -0.384 e. The molecule has 35 heavy (non-hydrogen) atoms. The van der Waals surface area contributed by atoms with Gasteiger partial charge in [0.25, 0.3) is 0 Å². The van der Waals surface area contributed by atoms with Crippen molar-refractivity contribution in [3.05, 3.63) is 41.6 Å². The molecule has 1 atom stereocenters. The van der Waals surface area contributed by atoms with Gasteiger partial charge in [0.05, 0.1) is 12.0 Å². The number of nitrogens with one attached hydrogen (secondary N) is 1. The van der Waals surface area contributed by atoms with Gasteiger partial charge in [-0.25, -0.2) is 0 Å². The van der Waals surface area contributed by atoms with Gasteiger partial charge in [0.2, 0.25) is 5.91 Å². The van der Waals surface area contributed by atoms with Gasteiger partial charge in [-0.15, -0.1) is 0 Å². The first-order chi connectivity index (χ1) is 16.4. The standard InChI is InChI=1S/C24H32F6N4O/c1-18(8-10-23(25,26)27)31-20-9-12-34(17-20)22(35)3-2-11-32-13-15-33(16-14-32)21-6-4-19(5-7-21)24(28,29)30/h4-8,20,31H,2-3,9-17H2,1H3/b18-8+/t20-/m1/s1. The highest BCUT2D eigenvalue weighted by atomic mass is 19.4. The van der Waals surface area contributed by atoms with Crippen molar-refractivity contribution in [3.63, 3.8) is 0 Å². The molecule has 1 N–H and O–H groups in total. The van der Waals surface area contributed by atoms with Crippen LogP contribution in [0.2, 0.25) is 0 Å². The van der Waals surface area contributed by atoms with Gasteiger partial charge in [-0.1, -0.05) is 6.08 Å². The maximum atomic E-state index is 12.7. The van der Waals surface area contributed by atoms with Crippen molar-refractivity contribution in [2.45, 2.75) is 51.0 Å². The molecule has 0 unspecified atom stereocenters. The highest BCUT2D eigenvalue weighted by Gasteiger charge is 2.31. The number of hydrogen-bond donors (Lipinski definition) is 1. The summed E-state index contributed by atoms with van der Waals surface area (Å²) in [6.07, 6.45) is -6.59. The summed E-state index contributed by atoms with van der Waals surface area (Å²) in [5, 5.41) is 3.07. The molecular formula is C24H32F6N4O. The summed E-state index contributed by atoms with van der Waals surface area (Å²) in [6, 6.07) is 5.17. The van der Waals surface area contributed by atoms with Crippen LogP contribution in [0.15, 0.2) is 36.0 Å². The number of rotatable bonds is 8.